The lowest BCUT2D eigenvalue weighted by atomic mass is 10.1. The lowest BCUT2D eigenvalue weighted by Gasteiger charge is -2.09. The van der Waals surface area contributed by atoms with Crippen molar-refractivity contribution in [3.8, 4) is 11.5 Å². The molecule has 8 heteroatoms. The molecule has 0 saturated heterocycles. The Balaban J connectivity index is 1.87. The Morgan fingerprint density at radius 2 is 1.91 bits per heavy atom. The van der Waals surface area contributed by atoms with E-state index in [4.69, 9.17) is 13.9 Å². The van der Waals surface area contributed by atoms with Crippen molar-refractivity contribution in [3.63, 3.8) is 0 Å². The number of nitrogens with zero attached hydrogens (tertiary/aromatic N) is 2. The zero-order chi connectivity index (χ0) is 22.7. The monoisotopic (exact) mass is 493 g/mol. The number of nitrogens with one attached hydrogen (secondary N) is 1. The van der Waals surface area contributed by atoms with Crippen LogP contribution in [-0.4, -0.2) is 25.1 Å². The van der Waals surface area contributed by atoms with Crippen LogP contribution in [0.2, 0.25) is 0 Å². The van der Waals surface area contributed by atoms with Crippen LogP contribution in [-0.2, 0) is 0 Å². The van der Waals surface area contributed by atoms with Gasteiger partial charge >= 0.3 is 0 Å². The number of aromatic nitrogens is 1. The zero-order valence-electron chi connectivity index (χ0n) is 17.7. The van der Waals surface area contributed by atoms with E-state index >= 15 is 0 Å². The van der Waals surface area contributed by atoms with Gasteiger partial charge in [0.25, 0.3) is 5.91 Å². The predicted molar refractivity (Wildman–Crippen MR) is 126 cm³/mol. The van der Waals surface area contributed by atoms with Gasteiger partial charge in [-0.3, -0.25) is 4.79 Å². The Hall–Kier alpha value is -3.65. The number of anilines is 1. The van der Waals surface area contributed by atoms with Gasteiger partial charge in [-0.1, -0.05) is 22.0 Å². The highest BCUT2D eigenvalue weighted by Crippen LogP contribution is 2.31. The molecule has 1 amide bonds. The molecule has 2 heterocycles. The molecule has 0 bridgehead atoms. The van der Waals surface area contributed by atoms with Crippen LogP contribution in [0, 0.1) is 6.92 Å². The SMILES string of the molecule is COc1ccc(N=c2oc3ccc(Br)cc3cc2C(=O)Nc2ccc(C)cn2)c(OC)c1. The molecule has 0 spiro atoms. The predicted octanol–water partition coefficient (Wildman–Crippen LogP) is 5.40. The van der Waals surface area contributed by atoms with E-state index in [1.165, 1.54) is 0 Å². The molecule has 0 saturated carbocycles. The van der Waals surface area contributed by atoms with Crippen LogP contribution < -0.4 is 20.3 Å². The second-order valence-electron chi connectivity index (χ2n) is 6.97. The normalized spacial score (nSPS) is 11.4. The van der Waals surface area contributed by atoms with Crippen molar-refractivity contribution in [3.05, 3.63) is 81.9 Å². The lowest BCUT2D eigenvalue weighted by Crippen LogP contribution is -2.22. The van der Waals surface area contributed by atoms with Crippen molar-refractivity contribution >= 4 is 44.3 Å². The third-order valence-electron chi connectivity index (χ3n) is 4.72. The standard InChI is InChI=1S/C24H20BrN3O4/c1-14-4-9-22(26-13-14)28-23(29)18-11-15-10-16(25)5-8-20(15)32-24(18)27-19-7-6-17(30-2)12-21(19)31-3/h4-13H,1-3H3,(H,26,28,29). The van der Waals surface area contributed by atoms with Gasteiger partial charge in [0.2, 0.25) is 5.55 Å². The maximum Gasteiger partial charge on any atom is 0.262 e. The van der Waals surface area contributed by atoms with Crippen molar-refractivity contribution in [2.75, 3.05) is 19.5 Å². The number of carbonyl (C=O) groups is 1. The highest BCUT2D eigenvalue weighted by atomic mass is 79.9. The number of amides is 1. The fourth-order valence-electron chi connectivity index (χ4n) is 3.06. The Labute approximate surface area is 192 Å². The van der Waals surface area contributed by atoms with Gasteiger partial charge in [-0.05, 0) is 55.0 Å². The number of ether oxygens (including phenoxy) is 2. The molecule has 0 aliphatic heterocycles. The first-order valence-electron chi connectivity index (χ1n) is 9.71. The van der Waals surface area contributed by atoms with Gasteiger partial charge in [-0.25, -0.2) is 9.98 Å². The fourth-order valence-corrected chi connectivity index (χ4v) is 3.44. The second-order valence-corrected chi connectivity index (χ2v) is 7.89. The summed E-state index contributed by atoms with van der Waals surface area (Å²) in [5, 5.41) is 3.56. The molecule has 4 aromatic rings. The van der Waals surface area contributed by atoms with Crippen LogP contribution >= 0.6 is 15.9 Å². The summed E-state index contributed by atoms with van der Waals surface area (Å²) in [6.45, 7) is 1.93. The molecule has 0 radical (unpaired) electrons. The molecule has 1 N–H and O–H groups in total. The van der Waals surface area contributed by atoms with Crippen molar-refractivity contribution in [1.29, 1.82) is 0 Å². The van der Waals surface area contributed by atoms with Crippen LogP contribution in [0.3, 0.4) is 0 Å². The number of methoxy groups -OCH3 is 2. The first-order valence-corrected chi connectivity index (χ1v) is 10.5. The summed E-state index contributed by atoms with van der Waals surface area (Å²) in [6.07, 6.45) is 1.69. The molecule has 2 aromatic carbocycles. The molecule has 0 atom stereocenters. The largest absolute Gasteiger partial charge is 0.497 e. The molecule has 2 aromatic heterocycles. The molecule has 32 heavy (non-hydrogen) atoms. The fraction of sp³-hybridized carbons (Fsp3) is 0.125. The first kappa shape index (κ1) is 21.6. The number of pyridine rings is 1. The van der Waals surface area contributed by atoms with E-state index in [9.17, 15) is 4.79 Å². The first-order chi connectivity index (χ1) is 15.5. The van der Waals surface area contributed by atoms with Crippen molar-refractivity contribution in [2.24, 2.45) is 4.99 Å². The van der Waals surface area contributed by atoms with Crippen LogP contribution in [0.4, 0.5) is 11.5 Å². The van der Waals surface area contributed by atoms with E-state index in [1.807, 2.05) is 31.2 Å². The van der Waals surface area contributed by atoms with E-state index in [1.54, 1.807) is 50.7 Å². The number of fused-ring (bicyclic) bond motifs is 1. The molecule has 4 rings (SSSR count). The average Bonchev–Trinajstić information content (AvgIpc) is 2.80. The number of carbonyl (C=O) groups excluding carboxylic acids is 1. The summed E-state index contributed by atoms with van der Waals surface area (Å²) in [5.41, 5.74) is 2.49. The highest BCUT2D eigenvalue weighted by Gasteiger charge is 2.15. The van der Waals surface area contributed by atoms with E-state index < -0.39 is 5.91 Å². The number of benzene rings is 2. The van der Waals surface area contributed by atoms with Gasteiger partial charge in [0.05, 0.1) is 14.2 Å². The van der Waals surface area contributed by atoms with Crippen LogP contribution in [0.15, 0.2) is 74.7 Å². The van der Waals surface area contributed by atoms with Crippen LogP contribution in [0.1, 0.15) is 15.9 Å². The van der Waals surface area contributed by atoms with Crippen molar-refractivity contribution in [1.82, 2.24) is 4.98 Å². The Kier molecular flexibility index (Phi) is 6.23. The van der Waals surface area contributed by atoms with Crippen LogP contribution in [0.25, 0.3) is 11.0 Å². The van der Waals surface area contributed by atoms with Gasteiger partial charge in [0.15, 0.2) is 0 Å². The molecular formula is C24H20BrN3O4. The molecular weight excluding hydrogens is 474 g/mol. The molecule has 7 nitrogen and oxygen atoms in total. The topological polar surface area (TPSA) is 86.0 Å². The van der Waals surface area contributed by atoms with E-state index in [-0.39, 0.29) is 11.1 Å². The van der Waals surface area contributed by atoms with E-state index in [0.717, 1.165) is 15.4 Å². The molecule has 0 unspecified atom stereocenters. The smallest absolute Gasteiger partial charge is 0.262 e. The highest BCUT2D eigenvalue weighted by molar-refractivity contribution is 9.10. The van der Waals surface area contributed by atoms with Crippen molar-refractivity contribution in [2.45, 2.75) is 6.92 Å². The zero-order valence-corrected chi connectivity index (χ0v) is 19.3. The molecule has 162 valence electrons. The summed E-state index contributed by atoms with van der Waals surface area (Å²) in [7, 11) is 3.11. The maximum absolute atomic E-state index is 13.2. The minimum atomic E-state index is -0.391. The quantitative estimate of drug-likeness (QED) is 0.402. The molecule has 0 fully saturated rings. The van der Waals surface area contributed by atoms with Gasteiger partial charge in [0.1, 0.15) is 34.2 Å². The van der Waals surface area contributed by atoms with E-state index in [0.29, 0.717) is 28.6 Å². The van der Waals surface area contributed by atoms with Gasteiger partial charge < -0.3 is 19.2 Å². The third-order valence-corrected chi connectivity index (χ3v) is 5.21. The Bertz CT molecular complexity index is 1360. The Morgan fingerprint density at radius 1 is 1.06 bits per heavy atom. The van der Waals surface area contributed by atoms with Gasteiger partial charge in [-0.15, -0.1) is 0 Å². The maximum atomic E-state index is 13.2. The second kappa shape index (κ2) is 9.23. The van der Waals surface area contributed by atoms with Crippen molar-refractivity contribution < 1.29 is 18.7 Å². The lowest BCUT2D eigenvalue weighted by molar-refractivity contribution is 0.102. The van der Waals surface area contributed by atoms with Gasteiger partial charge in [0, 0.05) is 22.1 Å². The number of hydrogen-bond acceptors (Lipinski definition) is 6. The number of hydrogen-bond donors (Lipinski definition) is 1. The molecule has 0 aliphatic rings. The average molecular weight is 494 g/mol. The summed E-state index contributed by atoms with van der Waals surface area (Å²) in [6, 6.07) is 16.1. The molecule has 0 aliphatic carbocycles. The minimum absolute atomic E-state index is 0.146. The summed E-state index contributed by atoms with van der Waals surface area (Å²) < 4.78 is 17.6. The number of rotatable bonds is 5. The minimum Gasteiger partial charge on any atom is -0.497 e. The number of halogens is 1. The third kappa shape index (κ3) is 4.65. The van der Waals surface area contributed by atoms with Crippen LogP contribution in [0.5, 0.6) is 11.5 Å². The van der Waals surface area contributed by atoms with Gasteiger partial charge in [-0.2, -0.15) is 0 Å². The number of aryl methyl sites for hydroxylation is 1. The summed E-state index contributed by atoms with van der Waals surface area (Å²) >= 11 is 3.46. The Morgan fingerprint density at radius 3 is 2.62 bits per heavy atom. The summed E-state index contributed by atoms with van der Waals surface area (Å²) in [5.74, 6) is 1.16. The van der Waals surface area contributed by atoms with E-state index in [2.05, 4.69) is 31.2 Å². The summed E-state index contributed by atoms with van der Waals surface area (Å²) in [4.78, 5) is 22.0.